The van der Waals surface area contributed by atoms with Crippen molar-refractivity contribution in [3.05, 3.63) is 0 Å². The van der Waals surface area contributed by atoms with Gasteiger partial charge in [0.05, 0.1) is 39.3 Å². The van der Waals surface area contributed by atoms with Crippen molar-refractivity contribution >= 4 is 0 Å². The van der Waals surface area contributed by atoms with E-state index in [4.69, 9.17) is 0 Å². The summed E-state index contributed by atoms with van der Waals surface area (Å²) in [4.78, 5) is 0. The maximum Gasteiger partial charge on any atom is 0.128 e. The summed E-state index contributed by atoms with van der Waals surface area (Å²) in [6, 6.07) is 0. The van der Waals surface area contributed by atoms with Gasteiger partial charge in [0.1, 0.15) is 13.1 Å². The van der Waals surface area contributed by atoms with E-state index in [0.717, 1.165) is 0 Å². The molecule has 2 heteroatoms. The van der Waals surface area contributed by atoms with Crippen LogP contribution in [0, 0.1) is 0 Å². The second-order valence-electron chi connectivity index (χ2n) is 7.59. The molecule has 0 amide bonds. The van der Waals surface area contributed by atoms with E-state index < -0.39 is 0 Å². The van der Waals surface area contributed by atoms with Gasteiger partial charge in [0.25, 0.3) is 0 Å². The fourth-order valence-electron chi connectivity index (χ4n) is 4.54. The van der Waals surface area contributed by atoms with Gasteiger partial charge < -0.3 is 8.97 Å². The molecule has 20 heavy (non-hydrogen) atoms. The number of rotatable bonds is 9. The molecule has 118 valence electrons. The molecule has 2 rings (SSSR count). The lowest BCUT2D eigenvalue weighted by atomic mass is 10.2. The summed E-state index contributed by atoms with van der Waals surface area (Å²) in [5.41, 5.74) is 0. The van der Waals surface area contributed by atoms with Crippen molar-refractivity contribution in [1.29, 1.82) is 0 Å². The third-order valence-corrected chi connectivity index (χ3v) is 6.05. The monoisotopic (exact) mass is 282 g/mol. The molecule has 0 bridgehead atoms. The first-order chi connectivity index (χ1) is 9.74. The van der Waals surface area contributed by atoms with E-state index in [9.17, 15) is 0 Å². The van der Waals surface area contributed by atoms with E-state index in [1.807, 2.05) is 0 Å². The lowest BCUT2D eigenvalue weighted by molar-refractivity contribution is -0.970. The molecule has 0 saturated carbocycles. The lowest BCUT2D eigenvalue weighted by Crippen LogP contribution is -2.56. The van der Waals surface area contributed by atoms with Gasteiger partial charge in [-0.3, -0.25) is 0 Å². The van der Waals surface area contributed by atoms with Gasteiger partial charge >= 0.3 is 0 Å². The van der Waals surface area contributed by atoms with E-state index in [0.29, 0.717) is 0 Å². The van der Waals surface area contributed by atoms with Gasteiger partial charge in [-0.1, -0.05) is 26.7 Å². The highest BCUT2D eigenvalue weighted by Crippen LogP contribution is 2.25. The summed E-state index contributed by atoms with van der Waals surface area (Å²) in [7, 11) is 0. The first-order valence-corrected chi connectivity index (χ1v) is 9.44. The Labute approximate surface area is 127 Å². The van der Waals surface area contributed by atoms with Crippen molar-refractivity contribution < 1.29 is 8.97 Å². The maximum absolute atomic E-state index is 2.35. The molecule has 2 saturated heterocycles. The van der Waals surface area contributed by atoms with Crippen molar-refractivity contribution in [3.63, 3.8) is 0 Å². The van der Waals surface area contributed by atoms with E-state index in [-0.39, 0.29) is 0 Å². The van der Waals surface area contributed by atoms with Gasteiger partial charge in [0.15, 0.2) is 0 Å². The highest BCUT2D eigenvalue weighted by Gasteiger charge is 2.37. The maximum atomic E-state index is 2.35. The summed E-state index contributed by atoms with van der Waals surface area (Å²) in [5, 5.41) is 0. The topological polar surface area (TPSA) is 0 Å². The first-order valence-electron chi connectivity index (χ1n) is 9.44. The Morgan fingerprint density at radius 2 is 0.900 bits per heavy atom. The fourth-order valence-corrected chi connectivity index (χ4v) is 4.54. The molecule has 0 unspecified atom stereocenters. The summed E-state index contributed by atoms with van der Waals surface area (Å²) in [5.74, 6) is 0. The minimum atomic E-state index is 1.37. The third kappa shape index (κ3) is 4.21. The molecule has 0 spiro atoms. The van der Waals surface area contributed by atoms with Gasteiger partial charge in [-0.15, -0.1) is 0 Å². The fraction of sp³-hybridized carbons (Fsp3) is 1.00. The van der Waals surface area contributed by atoms with Gasteiger partial charge in [-0.05, 0) is 12.8 Å². The van der Waals surface area contributed by atoms with Crippen LogP contribution in [0.25, 0.3) is 0 Å². The summed E-state index contributed by atoms with van der Waals surface area (Å²) < 4.78 is 2.94. The van der Waals surface area contributed by atoms with Crippen molar-refractivity contribution in [2.24, 2.45) is 0 Å². The van der Waals surface area contributed by atoms with E-state index in [1.165, 1.54) is 113 Å². The van der Waals surface area contributed by atoms with Crippen LogP contribution in [0.1, 0.15) is 65.2 Å². The van der Waals surface area contributed by atoms with Crippen molar-refractivity contribution in [3.8, 4) is 0 Å². The second-order valence-corrected chi connectivity index (χ2v) is 7.59. The van der Waals surface area contributed by atoms with Gasteiger partial charge in [0, 0.05) is 25.7 Å². The summed E-state index contributed by atoms with van der Waals surface area (Å²) >= 11 is 0. The SMILES string of the molecule is CCCC[N+]1(CC[N+]2(CCCC)CCCC2)CCCC1. The molecule has 0 radical (unpaired) electrons. The molecule has 2 nitrogen and oxygen atoms in total. The second kappa shape index (κ2) is 7.79. The number of hydrogen-bond donors (Lipinski definition) is 0. The quantitative estimate of drug-likeness (QED) is 0.564. The Kier molecular flexibility index (Phi) is 6.35. The molecular formula is C18H38N2+2. The lowest BCUT2D eigenvalue weighted by Gasteiger charge is -2.40. The Bertz CT molecular complexity index is 235. The van der Waals surface area contributed by atoms with E-state index >= 15 is 0 Å². The Hall–Kier alpha value is -0.0800. The van der Waals surface area contributed by atoms with Crippen LogP contribution in [-0.4, -0.2) is 61.3 Å². The minimum absolute atomic E-state index is 1.37. The molecule has 0 aromatic carbocycles. The number of nitrogens with zero attached hydrogens (tertiary/aromatic N) is 2. The predicted molar refractivity (Wildman–Crippen MR) is 87.7 cm³/mol. The van der Waals surface area contributed by atoms with Gasteiger partial charge in [-0.2, -0.15) is 0 Å². The van der Waals surface area contributed by atoms with E-state index in [1.54, 1.807) is 0 Å². The highest BCUT2D eigenvalue weighted by molar-refractivity contribution is 4.59. The van der Waals surface area contributed by atoms with Crippen LogP contribution in [0.3, 0.4) is 0 Å². The predicted octanol–water partition coefficient (Wildman–Crippen LogP) is 3.81. The summed E-state index contributed by atoms with van der Waals surface area (Å²) in [6.45, 7) is 16.5. The smallest absolute Gasteiger partial charge is 0.128 e. The molecule has 0 aromatic heterocycles. The van der Waals surface area contributed by atoms with Gasteiger partial charge in [-0.25, -0.2) is 0 Å². The molecule has 2 heterocycles. The number of unbranched alkanes of at least 4 members (excludes halogenated alkanes) is 2. The number of hydrogen-bond acceptors (Lipinski definition) is 0. The number of likely N-dealkylation sites (tertiary alicyclic amines) is 2. The van der Waals surface area contributed by atoms with Crippen LogP contribution in [0.15, 0.2) is 0 Å². The Balaban J connectivity index is 1.89. The zero-order valence-electron chi connectivity index (χ0n) is 14.2. The average molecular weight is 283 g/mol. The Morgan fingerprint density at radius 3 is 1.20 bits per heavy atom. The van der Waals surface area contributed by atoms with Crippen LogP contribution in [0.4, 0.5) is 0 Å². The highest BCUT2D eigenvalue weighted by atomic mass is 15.4. The molecule has 0 aliphatic carbocycles. The van der Waals surface area contributed by atoms with Crippen LogP contribution in [0.2, 0.25) is 0 Å². The minimum Gasteiger partial charge on any atom is -0.319 e. The van der Waals surface area contributed by atoms with Crippen LogP contribution in [0.5, 0.6) is 0 Å². The van der Waals surface area contributed by atoms with E-state index in [2.05, 4.69) is 13.8 Å². The Morgan fingerprint density at radius 1 is 0.550 bits per heavy atom. The molecular weight excluding hydrogens is 244 g/mol. The average Bonchev–Trinajstić information content (AvgIpc) is 3.12. The van der Waals surface area contributed by atoms with Crippen LogP contribution in [-0.2, 0) is 0 Å². The van der Waals surface area contributed by atoms with Crippen molar-refractivity contribution in [2.75, 3.05) is 52.4 Å². The molecule has 2 fully saturated rings. The molecule has 2 aliphatic rings. The zero-order chi connectivity index (χ0) is 14.3. The zero-order valence-corrected chi connectivity index (χ0v) is 14.2. The molecule has 2 aliphatic heterocycles. The molecule has 0 N–H and O–H groups in total. The first kappa shape index (κ1) is 16.3. The molecule has 0 aromatic rings. The normalized spacial score (nSPS) is 24.3. The standard InChI is InChI=1S/C18H38N2/c1-3-5-11-19(13-7-8-14-19)17-18-20(12-6-4-2)15-9-10-16-20/h3-18H2,1-2H3/q+2. The third-order valence-electron chi connectivity index (χ3n) is 6.05. The van der Waals surface area contributed by atoms with Crippen molar-refractivity contribution in [2.45, 2.75) is 65.2 Å². The van der Waals surface area contributed by atoms with Crippen LogP contribution >= 0.6 is 0 Å². The van der Waals surface area contributed by atoms with Gasteiger partial charge in [0.2, 0.25) is 0 Å². The summed E-state index contributed by atoms with van der Waals surface area (Å²) in [6.07, 6.45) is 11.6. The largest absolute Gasteiger partial charge is 0.319 e. The molecule has 0 atom stereocenters. The number of quaternary nitrogens is 2. The van der Waals surface area contributed by atoms with Crippen LogP contribution < -0.4 is 0 Å². The van der Waals surface area contributed by atoms with Crippen molar-refractivity contribution in [1.82, 2.24) is 0 Å².